The topological polar surface area (TPSA) is 81.7 Å². The fourth-order valence-electron chi connectivity index (χ4n) is 5.04. The number of anilines is 3. The van der Waals surface area contributed by atoms with Crippen molar-refractivity contribution in [3.05, 3.63) is 89.5 Å². The van der Waals surface area contributed by atoms with Crippen molar-refractivity contribution in [2.75, 3.05) is 29.9 Å². The first-order chi connectivity index (χ1) is 21.6. The van der Waals surface area contributed by atoms with Crippen molar-refractivity contribution < 1.29 is 13.2 Å². The molecule has 3 heterocycles. The van der Waals surface area contributed by atoms with E-state index in [-0.39, 0.29) is 0 Å². The number of alkyl halides is 3. The van der Waals surface area contributed by atoms with Crippen molar-refractivity contribution in [2.45, 2.75) is 32.9 Å². The van der Waals surface area contributed by atoms with Gasteiger partial charge in [0.05, 0.1) is 21.9 Å². The highest BCUT2D eigenvalue weighted by atomic mass is 32.1. The fraction of sp³-hybridized carbons (Fsp3) is 0.250. The monoisotopic (exact) mass is 646 g/mol. The Labute approximate surface area is 266 Å². The van der Waals surface area contributed by atoms with Gasteiger partial charge in [-0.2, -0.15) is 22.5 Å². The van der Waals surface area contributed by atoms with E-state index < -0.39 is 11.7 Å². The average molecular weight is 647 g/mol. The predicted octanol–water partition coefficient (Wildman–Crippen LogP) is 11.1. The first kappa shape index (κ1) is 30.5. The molecule has 0 spiro atoms. The lowest BCUT2D eigenvalue weighted by atomic mass is 10.1. The summed E-state index contributed by atoms with van der Waals surface area (Å²) in [6.07, 6.45) is -1.90. The van der Waals surface area contributed by atoms with Crippen LogP contribution in [0.15, 0.2) is 93.3 Å². The first-order valence-corrected chi connectivity index (χ1v) is 15.9. The molecule has 5 aromatic rings. The van der Waals surface area contributed by atoms with Crippen LogP contribution in [-0.2, 0) is 6.18 Å². The van der Waals surface area contributed by atoms with E-state index in [0.717, 1.165) is 69.9 Å². The van der Waals surface area contributed by atoms with Crippen molar-refractivity contribution in [2.24, 2.45) is 20.5 Å². The van der Waals surface area contributed by atoms with Gasteiger partial charge in [0.2, 0.25) is 5.13 Å². The lowest BCUT2D eigenvalue weighted by Gasteiger charge is -2.22. The van der Waals surface area contributed by atoms with Crippen LogP contribution in [0, 0.1) is 13.8 Å². The molecule has 0 aliphatic carbocycles. The number of rotatable bonds is 8. The molecule has 1 aliphatic heterocycles. The van der Waals surface area contributed by atoms with Crippen LogP contribution in [0.2, 0.25) is 0 Å². The summed E-state index contributed by atoms with van der Waals surface area (Å²) in [5, 5.41) is 20.0. The van der Waals surface area contributed by atoms with E-state index in [1.165, 1.54) is 30.0 Å². The molecule has 0 bridgehead atoms. The van der Waals surface area contributed by atoms with Gasteiger partial charge in [0.15, 0.2) is 5.82 Å². The van der Waals surface area contributed by atoms with Crippen LogP contribution in [0.4, 0.5) is 51.1 Å². The maximum atomic E-state index is 12.9. The summed E-state index contributed by atoms with van der Waals surface area (Å²) in [6.45, 7) is 6.23. The molecule has 2 aromatic heterocycles. The number of hydrogen-bond acceptors (Lipinski definition) is 10. The minimum atomic E-state index is -4.39. The number of halogens is 3. The molecule has 0 unspecified atom stereocenters. The molecular weight excluding hydrogens is 618 g/mol. The van der Waals surface area contributed by atoms with E-state index in [9.17, 15) is 13.2 Å². The number of aryl methyl sites for hydroxylation is 2. The summed E-state index contributed by atoms with van der Waals surface area (Å²) < 4.78 is 42.8. The molecule has 0 amide bonds. The third kappa shape index (κ3) is 7.10. The Morgan fingerprint density at radius 3 is 2.31 bits per heavy atom. The van der Waals surface area contributed by atoms with E-state index in [0.29, 0.717) is 22.2 Å². The molecule has 3 aromatic carbocycles. The zero-order valence-corrected chi connectivity index (χ0v) is 26.4. The number of nitrogens with zero attached hydrogens (tertiary/aromatic N) is 8. The van der Waals surface area contributed by atoms with Gasteiger partial charge < -0.3 is 9.80 Å². The van der Waals surface area contributed by atoms with Gasteiger partial charge in [-0.1, -0.05) is 23.5 Å². The van der Waals surface area contributed by atoms with Gasteiger partial charge in [0.25, 0.3) is 0 Å². The standard InChI is InChI=1S/C32H29F3N8S2/c1-20-19-25(11-12-26(20)38-40-31-36-30(41-45-31)22-6-8-23(9-7-22)32(33,34)35)42(3)27-13-10-24(18-21(27)2)37-39-28-14-15-29(44-28)43-16-4-5-17-43/h6-15,18-19H,4-5,16-17H2,1-3H3. The Hall–Kier alpha value is -4.49. The number of aromatic nitrogens is 2. The summed E-state index contributed by atoms with van der Waals surface area (Å²) >= 11 is 2.70. The molecule has 0 N–H and O–H groups in total. The maximum absolute atomic E-state index is 12.9. The number of hydrogen-bond donors (Lipinski definition) is 0. The number of benzene rings is 3. The van der Waals surface area contributed by atoms with Crippen molar-refractivity contribution in [1.29, 1.82) is 0 Å². The van der Waals surface area contributed by atoms with Crippen LogP contribution >= 0.6 is 22.9 Å². The lowest BCUT2D eigenvalue weighted by Crippen LogP contribution is -2.15. The smallest absolute Gasteiger partial charge is 0.363 e. The quantitative estimate of drug-likeness (QED) is 0.157. The average Bonchev–Trinajstić information content (AvgIpc) is 3.81. The van der Waals surface area contributed by atoms with Crippen LogP contribution in [0.5, 0.6) is 0 Å². The van der Waals surface area contributed by atoms with E-state index in [2.05, 4.69) is 52.6 Å². The summed E-state index contributed by atoms with van der Waals surface area (Å²) in [4.78, 5) is 8.81. The Bertz CT molecular complexity index is 1850. The molecule has 1 fully saturated rings. The second-order valence-corrected chi connectivity index (χ2v) is 12.5. The Morgan fingerprint density at radius 2 is 1.60 bits per heavy atom. The molecule has 0 radical (unpaired) electrons. The van der Waals surface area contributed by atoms with Gasteiger partial charge in [0, 0.05) is 48.6 Å². The maximum Gasteiger partial charge on any atom is 0.416 e. The molecular formula is C32H29F3N8S2. The van der Waals surface area contributed by atoms with Gasteiger partial charge in [-0.25, -0.2) is 0 Å². The van der Waals surface area contributed by atoms with Gasteiger partial charge in [-0.05, 0) is 98.5 Å². The third-order valence-corrected chi connectivity index (χ3v) is 9.13. The van der Waals surface area contributed by atoms with E-state index in [4.69, 9.17) is 0 Å². The first-order valence-electron chi connectivity index (χ1n) is 14.3. The predicted molar refractivity (Wildman–Crippen MR) is 175 cm³/mol. The second-order valence-electron chi connectivity index (χ2n) is 10.7. The van der Waals surface area contributed by atoms with Gasteiger partial charge >= 0.3 is 6.18 Å². The van der Waals surface area contributed by atoms with Gasteiger partial charge in [-0.3, -0.25) is 0 Å². The molecule has 45 heavy (non-hydrogen) atoms. The molecule has 0 saturated carbocycles. The SMILES string of the molecule is Cc1cc(N(C)c2ccc(N=Nc3ccc(N4CCCC4)s3)cc2C)ccc1N=Nc1nc(-c2ccc(C(F)(F)F)cc2)ns1. The highest BCUT2D eigenvalue weighted by Crippen LogP contribution is 2.37. The van der Waals surface area contributed by atoms with E-state index >= 15 is 0 Å². The number of thiophene rings is 1. The van der Waals surface area contributed by atoms with Crippen molar-refractivity contribution in [1.82, 2.24) is 9.36 Å². The van der Waals surface area contributed by atoms with Gasteiger partial charge in [-0.15, -0.1) is 20.5 Å². The second kappa shape index (κ2) is 12.9. The molecule has 8 nitrogen and oxygen atoms in total. The van der Waals surface area contributed by atoms with Crippen LogP contribution in [0.1, 0.15) is 29.5 Å². The zero-order chi connectivity index (χ0) is 31.6. The summed E-state index contributed by atoms with van der Waals surface area (Å²) in [5.41, 5.74) is 5.24. The highest BCUT2D eigenvalue weighted by molar-refractivity contribution is 7.19. The molecule has 13 heteroatoms. The molecule has 1 aliphatic rings. The largest absolute Gasteiger partial charge is 0.416 e. The summed E-state index contributed by atoms with van der Waals surface area (Å²) in [7, 11) is 2.01. The highest BCUT2D eigenvalue weighted by Gasteiger charge is 2.30. The Balaban J connectivity index is 1.10. The van der Waals surface area contributed by atoms with Crippen molar-refractivity contribution >= 4 is 60.8 Å². The molecule has 1 saturated heterocycles. The molecule has 6 rings (SSSR count). The Kier molecular flexibility index (Phi) is 8.72. The minimum Gasteiger partial charge on any atom is -0.363 e. The van der Waals surface area contributed by atoms with E-state index in [1.54, 1.807) is 11.3 Å². The molecule has 230 valence electrons. The molecule has 0 atom stereocenters. The lowest BCUT2D eigenvalue weighted by molar-refractivity contribution is -0.137. The third-order valence-electron chi connectivity index (χ3n) is 7.50. The van der Waals surface area contributed by atoms with Crippen LogP contribution in [0.3, 0.4) is 0 Å². The summed E-state index contributed by atoms with van der Waals surface area (Å²) in [6, 6.07) is 20.8. The van der Waals surface area contributed by atoms with Crippen molar-refractivity contribution in [3.8, 4) is 11.4 Å². The summed E-state index contributed by atoms with van der Waals surface area (Å²) in [5.74, 6) is 0.303. The fourth-order valence-corrected chi connectivity index (χ4v) is 6.44. The minimum absolute atomic E-state index is 0.303. The van der Waals surface area contributed by atoms with Crippen LogP contribution in [-0.4, -0.2) is 29.5 Å². The normalized spacial score (nSPS) is 13.9. The van der Waals surface area contributed by atoms with Crippen LogP contribution in [0.25, 0.3) is 11.4 Å². The van der Waals surface area contributed by atoms with E-state index in [1.807, 2.05) is 56.4 Å². The van der Waals surface area contributed by atoms with Crippen molar-refractivity contribution in [3.63, 3.8) is 0 Å². The zero-order valence-electron chi connectivity index (χ0n) is 24.8. The Morgan fingerprint density at radius 1 is 0.822 bits per heavy atom. The van der Waals surface area contributed by atoms with Crippen LogP contribution < -0.4 is 9.80 Å². The number of azo groups is 2. The van der Waals surface area contributed by atoms with Gasteiger partial charge in [0.1, 0.15) is 5.00 Å².